The zero-order chi connectivity index (χ0) is 15.9. The van der Waals surface area contributed by atoms with E-state index in [2.05, 4.69) is 15.4 Å². The molecule has 1 aromatic carbocycles. The van der Waals surface area contributed by atoms with Crippen LogP contribution in [0.15, 0.2) is 29.2 Å². The van der Waals surface area contributed by atoms with Crippen molar-refractivity contribution in [3.63, 3.8) is 0 Å². The van der Waals surface area contributed by atoms with Gasteiger partial charge in [0.05, 0.1) is 11.4 Å². The Morgan fingerprint density at radius 3 is 2.57 bits per heavy atom. The molecule has 1 aromatic rings. The van der Waals surface area contributed by atoms with E-state index in [9.17, 15) is 13.2 Å². The molecular formula is C14H23N3O3S. The van der Waals surface area contributed by atoms with E-state index in [4.69, 9.17) is 0 Å². The van der Waals surface area contributed by atoms with Crippen LogP contribution in [0.4, 0.5) is 0 Å². The van der Waals surface area contributed by atoms with Crippen LogP contribution in [0.3, 0.4) is 0 Å². The largest absolute Gasteiger partial charge is 0.355 e. The van der Waals surface area contributed by atoms with Gasteiger partial charge in [0.1, 0.15) is 0 Å². The second-order valence-corrected chi connectivity index (χ2v) is 6.40. The highest BCUT2D eigenvalue weighted by Gasteiger charge is 2.16. The van der Waals surface area contributed by atoms with Crippen LogP contribution in [-0.2, 0) is 14.8 Å². The predicted octanol–water partition coefficient (Wildman–Crippen LogP) is 0.772. The molecule has 0 saturated carbocycles. The molecule has 6 nitrogen and oxygen atoms in total. The Hall–Kier alpha value is -1.44. The van der Waals surface area contributed by atoms with Crippen LogP contribution in [0.2, 0.25) is 0 Å². The molecule has 0 saturated heterocycles. The van der Waals surface area contributed by atoms with Gasteiger partial charge in [0, 0.05) is 12.6 Å². The first-order chi connectivity index (χ1) is 9.90. The van der Waals surface area contributed by atoms with Crippen molar-refractivity contribution in [2.75, 3.05) is 19.6 Å². The molecule has 0 fully saturated rings. The fourth-order valence-electron chi connectivity index (χ4n) is 1.88. The average Bonchev–Trinajstić information content (AvgIpc) is 2.46. The van der Waals surface area contributed by atoms with Crippen molar-refractivity contribution in [3.05, 3.63) is 29.8 Å². The number of amides is 1. The van der Waals surface area contributed by atoms with Crippen molar-refractivity contribution >= 4 is 15.9 Å². The van der Waals surface area contributed by atoms with E-state index in [0.29, 0.717) is 6.54 Å². The second kappa shape index (κ2) is 8.11. The van der Waals surface area contributed by atoms with Crippen LogP contribution in [0.1, 0.15) is 32.4 Å². The second-order valence-electron chi connectivity index (χ2n) is 4.63. The van der Waals surface area contributed by atoms with Gasteiger partial charge in [-0.3, -0.25) is 4.79 Å². The molecule has 0 bridgehead atoms. The first-order valence-electron chi connectivity index (χ1n) is 7.00. The lowest BCUT2D eigenvalue weighted by Crippen LogP contribution is -2.36. The molecule has 21 heavy (non-hydrogen) atoms. The monoisotopic (exact) mass is 313 g/mol. The summed E-state index contributed by atoms with van der Waals surface area (Å²) in [5, 5.41) is 5.77. The Morgan fingerprint density at radius 2 is 1.95 bits per heavy atom. The number of likely N-dealkylation sites (N-methyl/N-ethyl adjacent to an activating group) is 1. The first-order valence-corrected chi connectivity index (χ1v) is 8.48. The standard InChI is InChI=1S/C14H23N3O3S/c1-4-15-11(3)12-7-6-8-13(9-12)21(19,20)17-10-14(18)16-5-2/h6-9,11,15,17H,4-5,10H2,1-3H3,(H,16,18). The van der Waals surface area contributed by atoms with Crippen LogP contribution in [0.5, 0.6) is 0 Å². The molecule has 118 valence electrons. The van der Waals surface area contributed by atoms with Gasteiger partial charge in [-0.2, -0.15) is 0 Å². The van der Waals surface area contributed by atoms with Gasteiger partial charge < -0.3 is 10.6 Å². The molecule has 0 spiro atoms. The summed E-state index contributed by atoms with van der Waals surface area (Å²) < 4.78 is 26.6. The number of benzene rings is 1. The Labute approximate surface area is 126 Å². The minimum absolute atomic E-state index is 0.0635. The third-order valence-corrected chi connectivity index (χ3v) is 4.37. The molecule has 1 atom stereocenters. The summed E-state index contributed by atoms with van der Waals surface area (Å²) in [7, 11) is -3.68. The van der Waals surface area contributed by atoms with E-state index in [1.165, 1.54) is 6.07 Å². The van der Waals surface area contributed by atoms with Crippen LogP contribution < -0.4 is 15.4 Å². The number of nitrogens with one attached hydrogen (secondary N) is 3. The van der Waals surface area contributed by atoms with Crippen molar-refractivity contribution in [1.82, 2.24) is 15.4 Å². The quantitative estimate of drug-likeness (QED) is 0.661. The Kier molecular flexibility index (Phi) is 6.80. The Morgan fingerprint density at radius 1 is 1.24 bits per heavy atom. The summed E-state index contributed by atoms with van der Waals surface area (Å²) in [5.41, 5.74) is 0.887. The van der Waals surface area contributed by atoms with Crippen LogP contribution in [0.25, 0.3) is 0 Å². The highest BCUT2D eigenvalue weighted by molar-refractivity contribution is 7.89. The van der Waals surface area contributed by atoms with Gasteiger partial charge in [-0.05, 0) is 38.1 Å². The third-order valence-electron chi connectivity index (χ3n) is 2.98. The van der Waals surface area contributed by atoms with E-state index in [-0.39, 0.29) is 23.4 Å². The highest BCUT2D eigenvalue weighted by atomic mass is 32.2. The molecule has 0 heterocycles. The summed E-state index contributed by atoms with van der Waals surface area (Å²) in [6.45, 7) is 6.74. The summed E-state index contributed by atoms with van der Waals surface area (Å²) in [4.78, 5) is 11.5. The predicted molar refractivity (Wildman–Crippen MR) is 82.4 cm³/mol. The number of carbonyl (C=O) groups is 1. The number of sulfonamides is 1. The van der Waals surface area contributed by atoms with Gasteiger partial charge in [0.25, 0.3) is 0 Å². The molecule has 0 aromatic heterocycles. The molecule has 1 rings (SSSR count). The summed E-state index contributed by atoms with van der Waals surface area (Å²) in [6, 6.07) is 6.77. The molecule has 1 amide bonds. The minimum Gasteiger partial charge on any atom is -0.355 e. The molecular weight excluding hydrogens is 290 g/mol. The SMILES string of the molecule is CCNC(=O)CNS(=O)(=O)c1cccc(C(C)NCC)c1. The van der Waals surface area contributed by atoms with Crippen LogP contribution in [0, 0.1) is 0 Å². The minimum atomic E-state index is -3.68. The van der Waals surface area contributed by atoms with E-state index in [1.54, 1.807) is 19.1 Å². The maximum absolute atomic E-state index is 12.2. The van der Waals surface area contributed by atoms with Crippen molar-refractivity contribution in [2.24, 2.45) is 0 Å². The number of hydrogen-bond acceptors (Lipinski definition) is 4. The lowest BCUT2D eigenvalue weighted by atomic mass is 10.1. The fraction of sp³-hybridized carbons (Fsp3) is 0.500. The zero-order valence-corrected chi connectivity index (χ0v) is 13.5. The maximum Gasteiger partial charge on any atom is 0.241 e. The number of hydrogen-bond donors (Lipinski definition) is 3. The van der Waals surface area contributed by atoms with Crippen molar-refractivity contribution in [3.8, 4) is 0 Å². The van der Waals surface area contributed by atoms with E-state index in [0.717, 1.165) is 12.1 Å². The molecule has 3 N–H and O–H groups in total. The smallest absolute Gasteiger partial charge is 0.241 e. The van der Waals surface area contributed by atoms with Crippen molar-refractivity contribution < 1.29 is 13.2 Å². The summed E-state index contributed by atoms with van der Waals surface area (Å²) >= 11 is 0. The van der Waals surface area contributed by atoms with Crippen LogP contribution in [-0.4, -0.2) is 34.0 Å². The normalized spacial score (nSPS) is 12.9. The van der Waals surface area contributed by atoms with Gasteiger partial charge in [0.15, 0.2) is 0 Å². The first kappa shape index (κ1) is 17.6. The number of rotatable bonds is 8. The van der Waals surface area contributed by atoms with E-state index >= 15 is 0 Å². The van der Waals surface area contributed by atoms with Gasteiger partial charge in [-0.15, -0.1) is 0 Å². The van der Waals surface area contributed by atoms with E-state index < -0.39 is 10.0 Å². The molecule has 0 aliphatic carbocycles. The highest BCUT2D eigenvalue weighted by Crippen LogP contribution is 2.17. The lowest BCUT2D eigenvalue weighted by molar-refractivity contribution is -0.119. The number of carbonyl (C=O) groups excluding carboxylic acids is 1. The van der Waals surface area contributed by atoms with Crippen LogP contribution >= 0.6 is 0 Å². The Bertz CT molecular complexity index is 573. The van der Waals surface area contributed by atoms with Crippen molar-refractivity contribution in [1.29, 1.82) is 0 Å². The molecule has 0 aliphatic heterocycles. The van der Waals surface area contributed by atoms with Gasteiger partial charge in [0.2, 0.25) is 15.9 Å². The lowest BCUT2D eigenvalue weighted by Gasteiger charge is -2.14. The van der Waals surface area contributed by atoms with Crippen molar-refractivity contribution in [2.45, 2.75) is 31.7 Å². The molecule has 0 radical (unpaired) electrons. The molecule has 0 aliphatic rings. The zero-order valence-electron chi connectivity index (χ0n) is 12.6. The van der Waals surface area contributed by atoms with Gasteiger partial charge in [-0.1, -0.05) is 19.1 Å². The fourth-order valence-corrected chi connectivity index (χ4v) is 2.92. The topological polar surface area (TPSA) is 87.3 Å². The summed E-state index contributed by atoms with van der Waals surface area (Å²) in [5.74, 6) is -0.349. The Balaban J connectivity index is 2.83. The van der Waals surface area contributed by atoms with E-state index in [1.807, 2.05) is 19.9 Å². The average molecular weight is 313 g/mol. The molecule has 1 unspecified atom stereocenters. The maximum atomic E-state index is 12.2. The third kappa shape index (κ3) is 5.45. The molecule has 7 heteroatoms. The van der Waals surface area contributed by atoms with Gasteiger partial charge in [-0.25, -0.2) is 13.1 Å². The summed E-state index contributed by atoms with van der Waals surface area (Å²) in [6.07, 6.45) is 0. The van der Waals surface area contributed by atoms with Gasteiger partial charge >= 0.3 is 0 Å².